The summed E-state index contributed by atoms with van der Waals surface area (Å²) in [5.41, 5.74) is 6.06. The zero-order valence-corrected chi connectivity index (χ0v) is 12.1. The van der Waals surface area contributed by atoms with Crippen LogP contribution in [0.25, 0.3) is 0 Å². The van der Waals surface area contributed by atoms with E-state index < -0.39 is 16.0 Å². The zero-order valence-electron chi connectivity index (χ0n) is 10.5. The van der Waals surface area contributed by atoms with Crippen molar-refractivity contribution in [2.75, 3.05) is 20.2 Å². The zero-order chi connectivity index (χ0) is 13.6. The summed E-state index contributed by atoms with van der Waals surface area (Å²) in [5, 5.41) is 0. The first-order chi connectivity index (χ1) is 8.48. The van der Waals surface area contributed by atoms with E-state index in [2.05, 4.69) is 9.46 Å². The number of rotatable bonds is 6. The van der Waals surface area contributed by atoms with Gasteiger partial charge in [-0.25, -0.2) is 17.9 Å². The van der Waals surface area contributed by atoms with Gasteiger partial charge in [0.05, 0.1) is 18.4 Å². The average Bonchev–Trinajstić information content (AvgIpc) is 2.35. The van der Waals surface area contributed by atoms with E-state index in [1.54, 1.807) is 18.2 Å². The largest absolute Gasteiger partial charge is 0.465 e. The third-order valence-corrected chi connectivity index (χ3v) is 3.53. The van der Waals surface area contributed by atoms with Gasteiger partial charge in [0.2, 0.25) is 10.0 Å². The van der Waals surface area contributed by atoms with Gasteiger partial charge < -0.3 is 10.5 Å². The summed E-state index contributed by atoms with van der Waals surface area (Å²) >= 11 is 0. The molecule has 0 atom stereocenters. The van der Waals surface area contributed by atoms with Gasteiger partial charge in [0, 0.05) is 13.1 Å². The lowest BCUT2D eigenvalue weighted by molar-refractivity contribution is 0.0600. The SMILES string of the molecule is COC(=O)c1cccc(CS(=O)(=O)NCCN)c1.Cl. The van der Waals surface area contributed by atoms with Crippen molar-refractivity contribution in [3.05, 3.63) is 35.4 Å². The van der Waals surface area contributed by atoms with Crippen molar-refractivity contribution in [3.63, 3.8) is 0 Å². The maximum atomic E-state index is 11.6. The molecule has 0 aromatic heterocycles. The third kappa shape index (κ3) is 6.02. The number of sulfonamides is 1. The van der Waals surface area contributed by atoms with Crippen molar-refractivity contribution in [2.45, 2.75) is 5.75 Å². The molecule has 108 valence electrons. The Morgan fingerprint density at radius 3 is 2.68 bits per heavy atom. The molecule has 0 bridgehead atoms. The monoisotopic (exact) mass is 308 g/mol. The van der Waals surface area contributed by atoms with Gasteiger partial charge in [0.1, 0.15) is 0 Å². The van der Waals surface area contributed by atoms with Crippen LogP contribution >= 0.6 is 12.4 Å². The van der Waals surface area contributed by atoms with Crippen LogP contribution < -0.4 is 10.5 Å². The lowest BCUT2D eigenvalue weighted by atomic mass is 10.1. The van der Waals surface area contributed by atoms with Crippen molar-refractivity contribution in [3.8, 4) is 0 Å². The molecule has 19 heavy (non-hydrogen) atoms. The summed E-state index contributed by atoms with van der Waals surface area (Å²) in [4.78, 5) is 11.3. The second-order valence-electron chi connectivity index (χ2n) is 3.63. The number of ether oxygens (including phenoxy) is 1. The second kappa shape index (κ2) is 8.11. The number of nitrogens with two attached hydrogens (primary N) is 1. The van der Waals surface area contributed by atoms with Gasteiger partial charge >= 0.3 is 5.97 Å². The van der Waals surface area contributed by atoms with Crippen LogP contribution in [0.2, 0.25) is 0 Å². The molecular weight excluding hydrogens is 292 g/mol. The standard InChI is InChI=1S/C11H16N2O4S.ClH/c1-17-11(14)10-4-2-3-9(7-10)8-18(15,16)13-6-5-12;/h2-4,7,13H,5-6,8,12H2,1H3;1H. The maximum absolute atomic E-state index is 11.6. The van der Waals surface area contributed by atoms with Gasteiger partial charge in [-0.15, -0.1) is 12.4 Å². The van der Waals surface area contributed by atoms with Crippen LogP contribution in [-0.4, -0.2) is 34.6 Å². The van der Waals surface area contributed by atoms with Gasteiger partial charge in [-0.05, 0) is 17.7 Å². The van der Waals surface area contributed by atoms with E-state index in [-0.39, 0.29) is 31.2 Å². The number of carbonyl (C=O) groups excluding carboxylic acids is 1. The Morgan fingerprint density at radius 2 is 2.11 bits per heavy atom. The van der Waals surface area contributed by atoms with Crippen LogP contribution in [0, 0.1) is 0 Å². The fourth-order valence-electron chi connectivity index (χ4n) is 1.39. The molecule has 0 heterocycles. The topological polar surface area (TPSA) is 98.5 Å². The molecule has 0 amide bonds. The van der Waals surface area contributed by atoms with Crippen LogP contribution in [-0.2, 0) is 20.5 Å². The lowest BCUT2D eigenvalue weighted by Gasteiger charge is -2.06. The fraction of sp³-hybridized carbons (Fsp3) is 0.364. The molecule has 0 aliphatic heterocycles. The molecule has 6 nitrogen and oxygen atoms in total. The van der Waals surface area contributed by atoms with E-state index in [0.717, 1.165) is 0 Å². The summed E-state index contributed by atoms with van der Waals surface area (Å²) < 4.78 is 30.2. The number of methoxy groups -OCH3 is 1. The van der Waals surface area contributed by atoms with Crippen LogP contribution in [0.3, 0.4) is 0 Å². The molecule has 0 unspecified atom stereocenters. The van der Waals surface area contributed by atoms with Crippen molar-refractivity contribution < 1.29 is 17.9 Å². The predicted octanol–water partition coefficient (Wildman–Crippen LogP) is 0.273. The Kier molecular flexibility index (Phi) is 7.62. The summed E-state index contributed by atoms with van der Waals surface area (Å²) in [6, 6.07) is 6.30. The van der Waals surface area contributed by atoms with E-state index in [9.17, 15) is 13.2 Å². The van der Waals surface area contributed by atoms with Crippen LogP contribution in [0.15, 0.2) is 24.3 Å². The predicted molar refractivity (Wildman–Crippen MR) is 74.7 cm³/mol. The van der Waals surface area contributed by atoms with E-state index in [4.69, 9.17) is 5.73 Å². The molecule has 0 fully saturated rings. The van der Waals surface area contributed by atoms with E-state index in [1.165, 1.54) is 13.2 Å². The summed E-state index contributed by atoms with van der Waals surface area (Å²) in [6.07, 6.45) is 0. The number of hydrogen-bond acceptors (Lipinski definition) is 5. The highest BCUT2D eigenvalue weighted by Gasteiger charge is 2.12. The molecule has 1 aromatic rings. The molecule has 0 saturated carbocycles. The average molecular weight is 309 g/mol. The van der Waals surface area contributed by atoms with E-state index in [0.29, 0.717) is 11.1 Å². The van der Waals surface area contributed by atoms with Gasteiger partial charge in [-0.2, -0.15) is 0 Å². The van der Waals surface area contributed by atoms with Crippen LogP contribution in [0.1, 0.15) is 15.9 Å². The Hall–Kier alpha value is -1.15. The molecule has 1 aromatic carbocycles. The third-order valence-electron chi connectivity index (χ3n) is 2.17. The minimum Gasteiger partial charge on any atom is -0.465 e. The molecule has 0 saturated heterocycles. The molecule has 0 radical (unpaired) electrons. The highest BCUT2D eigenvalue weighted by molar-refractivity contribution is 7.88. The van der Waals surface area contributed by atoms with Gasteiger partial charge in [0.15, 0.2) is 0 Å². The molecule has 0 aliphatic carbocycles. The molecule has 1 rings (SSSR count). The van der Waals surface area contributed by atoms with Crippen molar-refractivity contribution in [1.29, 1.82) is 0 Å². The Bertz CT molecular complexity index is 519. The number of hydrogen-bond donors (Lipinski definition) is 2. The van der Waals surface area contributed by atoms with Crippen LogP contribution in [0.4, 0.5) is 0 Å². The normalized spacial score (nSPS) is 10.6. The Labute approximate surface area is 118 Å². The summed E-state index contributed by atoms with van der Waals surface area (Å²) in [5.74, 6) is -0.693. The first kappa shape index (κ1) is 17.8. The number of carbonyl (C=O) groups is 1. The fourth-order valence-corrected chi connectivity index (χ4v) is 2.54. The highest BCUT2D eigenvalue weighted by atomic mass is 35.5. The van der Waals surface area contributed by atoms with E-state index in [1.807, 2.05) is 0 Å². The van der Waals surface area contributed by atoms with Gasteiger partial charge in [0.25, 0.3) is 0 Å². The second-order valence-corrected chi connectivity index (χ2v) is 5.44. The first-order valence-electron chi connectivity index (χ1n) is 5.33. The minimum absolute atomic E-state index is 0. The smallest absolute Gasteiger partial charge is 0.337 e. The molecule has 3 N–H and O–H groups in total. The van der Waals surface area contributed by atoms with Gasteiger partial charge in [-0.1, -0.05) is 12.1 Å². The number of nitrogens with one attached hydrogen (secondary N) is 1. The molecular formula is C11H17ClN2O4S. The Morgan fingerprint density at radius 1 is 1.42 bits per heavy atom. The summed E-state index contributed by atoms with van der Waals surface area (Å²) in [7, 11) is -2.16. The maximum Gasteiger partial charge on any atom is 0.337 e. The number of halogens is 1. The number of esters is 1. The first-order valence-corrected chi connectivity index (χ1v) is 6.98. The molecule has 0 aliphatic rings. The van der Waals surface area contributed by atoms with E-state index >= 15 is 0 Å². The van der Waals surface area contributed by atoms with Crippen LogP contribution in [0.5, 0.6) is 0 Å². The molecule has 8 heteroatoms. The summed E-state index contributed by atoms with van der Waals surface area (Å²) in [6.45, 7) is 0.431. The van der Waals surface area contributed by atoms with Crippen molar-refractivity contribution in [2.24, 2.45) is 5.73 Å². The van der Waals surface area contributed by atoms with Gasteiger partial charge in [-0.3, -0.25) is 0 Å². The van der Waals surface area contributed by atoms with Crippen molar-refractivity contribution >= 4 is 28.4 Å². The lowest BCUT2D eigenvalue weighted by Crippen LogP contribution is -2.30. The van der Waals surface area contributed by atoms with Crippen molar-refractivity contribution in [1.82, 2.24) is 4.72 Å². The quantitative estimate of drug-likeness (QED) is 0.735. The Balaban J connectivity index is 0.00000324. The minimum atomic E-state index is -3.43. The molecule has 0 spiro atoms. The number of benzene rings is 1. The highest BCUT2D eigenvalue weighted by Crippen LogP contribution is 2.09.